The number of sulfone groups is 1. The predicted octanol–water partition coefficient (Wildman–Crippen LogP) is 4.44. The van der Waals surface area contributed by atoms with E-state index in [-0.39, 0.29) is 29.4 Å². The first-order valence-electron chi connectivity index (χ1n) is 16.1. The molecule has 4 aliphatic rings. The number of piperidine rings is 1. The van der Waals surface area contributed by atoms with Crippen LogP contribution < -0.4 is 0 Å². The highest BCUT2D eigenvalue weighted by molar-refractivity contribution is 7.91. The number of benzene rings is 1. The number of H-pyrrole nitrogens is 1. The molecule has 44 heavy (non-hydrogen) atoms. The molecule has 0 aliphatic carbocycles. The van der Waals surface area contributed by atoms with Gasteiger partial charge < -0.3 is 4.98 Å². The van der Waals surface area contributed by atoms with Gasteiger partial charge in [0.25, 0.3) is 0 Å². The molecule has 10 heteroatoms. The van der Waals surface area contributed by atoms with Crippen molar-refractivity contribution in [3.8, 4) is 11.3 Å². The Bertz CT molecular complexity index is 1690. The fraction of sp³-hybridized carbons (Fsp3) is 0.588. The Labute approximate surface area is 264 Å². The minimum Gasteiger partial charge on any atom is -0.346 e. The maximum absolute atomic E-state index is 14.2. The van der Waals surface area contributed by atoms with Crippen LogP contribution in [-0.4, -0.2) is 109 Å². The summed E-state index contributed by atoms with van der Waals surface area (Å²) in [5, 5.41) is 0.912. The summed E-state index contributed by atoms with van der Waals surface area (Å²) < 4.78 is 24.0. The van der Waals surface area contributed by atoms with E-state index in [2.05, 4.69) is 71.6 Å². The average Bonchev–Trinajstić information content (AvgIpc) is 3.78. The third kappa shape index (κ3) is 5.40. The number of ketones is 2. The zero-order valence-corrected chi connectivity index (χ0v) is 28.0. The lowest BCUT2D eigenvalue weighted by Crippen LogP contribution is -2.51. The largest absolute Gasteiger partial charge is 0.346 e. The molecule has 1 N–H and O–H groups in total. The molecule has 0 amide bonds. The van der Waals surface area contributed by atoms with E-state index in [1.807, 2.05) is 0 Å². The molecule has 4 aliphatic heterocycles. The van der Waals surface area contributed by atoms with Crippen LogP contribution in [-0.2, 0) is 20.0 Å². The summed E-state index contributed by atoms with van der Waals surface area (Å²) in [7, 11) is -2.92. The number of thiophene rings is 1. The van der Waals surface area contributed by atoms with Crippen molar-refractivity contribution in [2.75, 3.05) is 57.3 Å². The second-order valence-electron chi connectivity index (χ2n) is 14.2. The van der Waals surface area contributed by atoms with Gasteiger partial charge in [0.1, 0.15) is 4.83 Å². The van der Waals surface area contributed by atoms with Gasteiger partial charge in [0, 0.05) is 42.5 Å². The Morgan fingerprint density at radius 3 is 2.20 bits per heavy atom. The number of hydrogen-bond donors (Lipinski definition) is 1. The van der Waals surface area contributed by atoms with E-state index < -0.39 is 15.3 Å². The minimum atomic E-state index is -2.92. The molecule has 4 saturated heterocycles. The van der Waals surface area contributed by atoms with E-state index in [0.717, 1.165) is 89.6 Å². The van der Waals surface area contributed by atoms with Gasteiger partial charge in [0.2, 0.25) is 0 Å². The average molecular weight is 637 g/mol. The first-order chi connectivity index (χ1) is 20.9. The summed E-state index contributed by atoms with van der Waals surface area (Å²) >= 11 is 1.61. The summed E-state index contributed by atoms with van der Waals surface area (Å²) in [6, 6.07) is 8.63. The van der Waals surface area contributed by atoms with Crippen molar-refractivity contribution in [3.05, 3.63) is 45.8 Å². The molecule has 6 heterocycles. The van der Waals surface area contributed by atoms with Crippen LogP contribution in [0.5, 0.6) is 0 Å². The fourth-order valence-corrected chi connectivity index (χ4v) is 11.2. The quantitative estimate of drug-likeness (QED) is 0.366. The van der Waals surface area contributed by atoms with Gasteiger partial charge in [-0.25, -0.2) is 8.42 Å². The Morgan fingerprint density at radius 1 is 0.932 bits per heavy atom. The third-order valence-electron chi connectivity index (χ3n) is 10.7. The van der Waals surface area contributed by atoms with Crippen molar-refractivity contribution in [1.82, 2.24) is 19.7 Å². The molecule has 2 atom stereocenters. The number of nitrogens with one attached hydrogen (secondary N) is 1. The molecule has 8 nitrogen and oxygen atoms in total. The highest BCUT2D eigenvalue weighted by Gasteiger charge is 2.49. The third-order valence-corrected chi connectivity index (χ3v) is 13.8. The van der Waals surface area contributed by atoms with Gasteiger partial charge in [0.15, 0.2) is 21.4 Å². The summed E-state index contributed by atoms with van der Waals surface area (Å²) in [5.74, 6) is 1.39. The van der Waals surface area contributed by atoms with Crippen molar-refractivity contribution in [2.45, 2.75) is 64.5 Å². The van der Waals surface area contributed by atoms with Crippen LogP contribution in [0.15, 0.2) is 24.3 Å². The molecule has 0 spiro atoms. The number of aromatic nitrogens is 1. The molecule has 4 fully saturated rings. The molecule has 3 aromatic rings. The number of piperazine rings is 1. The zero-order valence-electron chi connectivity index (χ0n) is 26.3. The number of Topliss-reactive ketones (excluding diaryl/α,β-unsaturated/α-hetero) is 2. The lowest BCUT2D eigenvalue weighted by atomic mass is 9.79. The molecule has 7 rings (SSSR count). The normalized spacial score (nSPS) is 27.5. The Morgan fingerprint density at radius 2 is 1.61 bits per heavy atom. The number of nitrogens with zero attached hydrogens (tertiary/aromatic N) is 3. The molecular formula is C34H44N4O4S2. The molecule has 1 aromatic carbocycles. The fourth-order valence-electron chi connectivity index (χ4n) is 8.23. The second-order valence-corrected chi connectivity index (χ2v) is 17.5. The van der Waals surface area contributed by atoms with E-state index >= 15 is 0 Å². The summed E-state index contributed by atoms with van der Waals surface area (Å²) in [6.45, 7) is 13.7. The molecule has 2 unspecified atom stereocenters. The van der Waals surface area contributed by atoms with Crippen molar-refractivity contribution < 1.29 is 18.0 Å². The van der Waals surface area contributed by atoms with Crippen LogP contribution in [0.3, 0.4) is 0 Å². The predicted molar refractivity (Wildman–Crippen MR) is 177 cm³/mol. The zero-order chi connectivity index (χ0) is 31.0. The van der Waals surface area contributed by atoms with Gasteiger partial charge in [-0.1, -0.05) is 17.2 Å². The first kappa shape index (κ1) is 30.3. The first-order valence-corrected chi connectivity index (χ1v) is 18.8. The number of fused-ring (bicyclic) bond motifs is 3. The SMILES string of the molecule is Cc1cc(C)cc(-c2[nH]c3sc(C(C)(C)C(=O)C4C5CCN4CC5)cc3c2C(=O)CN2CCN(C3CCS(=O)(=O)C3)CC2)c1. The number of aromatic amines is 1. The number of hydrogen-bond acceptors (Lipinski definition) is 8. The van der Waals surface area contributed by atoms with Crippen molar-refractivity contribution >= 4 is 43.0 Å². The van der Waals surface area contributed by atoms with E-state index in [1.165, 1.54) is 0 Å². The van der Waals surface area contributed by atoms with Crippen LogP contribution in [0.2, 0.25) is 0 Å². The van der Waals surface area contributed by atoms with E-state index in [9.17, 15) is 18.0 Å². The van der Waals surface area contributed by atoms with E-state index in [4.69, 9.17) is 0 Å². The molecular weight excluding hydrogens is 593 g/mol. The monoisotopic (exact) mass is 636 g/mol. The van der Waals surface area contributed by atoms with E-state index in [0.29, 0.717) is 30.2 Å². The lowest BCUT2D eigenvalue weighted by molar-refractivity contribution is -0.127. The molecule has 2 bridgehead atoms. The Balaban J connectivity index is 1.17. The molecule has 0 saturated carbocycles. The lowest BCUT2D eigenvalue weighted by Gasteiger charge is -2.37. The molecule has 236 valence electrons. The number of rotatable bonds is 8. The van der Waals surface area contributed by atoms with Gasteiger partial charge >= 0.3 is 0 Å². The van der Waals surface area contributed by atoms with Crippen LogP contribution in [0.1, 0.15) is 59.5 Å². The van der Waals surface area contributed by atoms with Crippen LogP contribution in [0, 0.1) is 19.8 Å². The van der Waals surface area contributed by atoms with Crippen LogP contribution in [0.4, 0.5) is 0 Å². The van der Waals surface area contributed by atoms with Gasteiger partial charge in [0.05, 0.1) is 40.8 Å². The van der Waals surface area contributed by atoms with Crippen LogP contribution >= 0.6 is 11.3 Å². The van der Waals surface area contributed by atoms with Crippen LogP contribution in [0.25, 0.3) is 21.5 Å². The Hall–Kier alpha value is -2.37. The summed E-state index contributed by atoms with van der Waals surface area (Å²) in [5.41, 5.74) is 4.24. The molecule has 0 radical (unpaired) electrons. The topological polar surface area (TPSA) is 93.8 Å². The maximum atomic E-state index is 14.2. The number of carbonyl (C=O) groups is 2. The summed E-state index contributed by atoms with van der Waals surface area (Å²) in [6.07, 6.45) is 2.94. The summed E-state index contributed by atoms with van der Waals surface area (Å²) in [4.78, 5) is 40.7. The Kier molecular flexibility index (Phi) is 7.68. The van der Waals surface area contributed by atoms with Gasteiger partial charge in [-0.05, 0) is 89.7 Å². The second kappa shape index (κ2) is 11.2. The van der Waals surface area contributed by atoms with Gasteiger partial charge in [-0.3, -0.25) is 24.3 Å². The van der Waals surface area contributed by atoms with Gasteiger partial charge in [-0.2, -0.15) is 0 Å². The van der Waals surface area contributed by atoms with Crippen molar-refractivity contribution in [3.63, 3.8) is 0 Å². The highest BCUT2D eigenvalue weighted by Crippen LogP contribution is 2.44. The standard InChI is InChI=1S/C34H44N4O4S2/c1-21-15-22(2)17-24(16-21)30-29(27(39)19-36-10-12-37(13-11-36)25-7-14-44(41,42)20-25)26-18-28(43-33(26)35-30)34(3,4)32(40)31-23-5-8-38(31)9-6-23/h15-18,23,25,31,35H,5-14,19-20H2,1-4H3. The van der Waals surface area contributed by atoms with Crippen molar-refractivity contribution in [2.24, 2.45) is 5.92 Å². The number of carbonyl (C=O) groups excluding carboxylic acids is 2. The van der Waals surface area contributed by atoms with Gasteiger partial charge in [-0.15, -0.1) is 11.3 Å². The minimum absolute atomic E-state index is 0.0142. The number of aryl methyl sites for hydroxylation is 2. The molecule has 2 aromatic heterocycles. The smallest absolute Gasteiger partial charge is 0.179 e. The van der Waals surface area contributed by atoms with E-state index in [1.54, 1.807) is 11.3 Å². The van der Waals surface area contributed by atoms with Crippen molar-refractivity contribution in [1.29, 1.82) is 0 Å². The maximum Gasteiger partial charge on any atom is 0.179 e. The highest BCUT2D eigenvalue weighted by atomic mass is 32.2.